The van der Waals surface area contributed by atoms with Crippen LogP contribution in [0.1, 0.15) is 32.3 Å². The zero-order valence-corrected chi connectivity index (χ0v) is 11.8. The highest BCUT2D eigenvalue weighted by molar-refractivity contribution is 5.56. The van der Waals surface area contributed by atoms with Gasteiger partial charge in [0.25, 0.3) is 0 Å². The van der Waals surface area contributed by atoms with Crippen LogP contribution in [0, 0.1) is 12.7 Å². The number of benzene rings is 1. The van der Waals surface area contributed by atoms with Crippen molar-refractivity contribution in [2.45, 2.75) is 45.7 Å². The Kier molecular flexibility index (Phi) is 4.30. The lowest BCUT2D eigenvalue weighted by Gasteiger charge is -2.30. The van der Waals surface area contributed by atoms with Crippen LogP contribution in [0.4, 0.5) is 10.1 Å². The summed E-state index contributed by atoms with van der Waals surface area (Å²) in [7, 11) is 0. The fourth-order valence-corrected chi connectivity index (χ4v) is 2.81. The topological polar surface area (TPSA) is 32.7 Å². The summed E-state index contributed by atoms with van der Waals surface area (Å²) < 4.78 is 19.5. The monoisotopic (exact) mass is 267 g/mol. The normalized spacial score (nSPS) is 22.9. The molecule has 106 valence electrons. The summed E-state index contributed by atoms with van der Waals surface area (Å²) >= 11 is 0. The fraction of sp³-hybridized carbons (Fsp3) is 0.600. The molecule has 2 rings (SSSR count). The largest absolute Gasteiger partial charge is 0.493 e. The Labute approximate surface area is 114 Å². The minimum atomic E-state index is -0.253. The molecule has 1 aliphatic heterocycles. The van der Waals surface area contributed by atoms with Gasteiger partial charge in [-0.15, -0.1) is 0 Å². The van der Waals surface area contributed by atoms with Gasteiger partial charge in [-0.3, -0.25) is 0 Å². The number of anilines is 1. The van der Waals surface area contributed by atoms with Gasteiger partial charge >= 0.3 is 0 Å². The molecular weight excluding hydrogens is 245 g/mol. The van der Waals surface area contributed by atoms with Crippen LogP contribution in [-0.4, -0.2) is 30.4 Å². The smallest absolute Gasteiger partial charge is 0.131 e. The summed E-state index contributed by atoms with van der Waals surface area (Å²) in [4.78, 5) is 2.10. The van der Waals surface area contributed by atoms with E-state index in [9.17, 15) is 9.50 Å². The number of hydrogen-bond acceptors (Lipinski definition) is 3. The third kappa shape index (κ3) is 2.68. The fourth-order valence-electron chi connectivity index (χ4n) is 2.81. The van der Waals surface area contributed by atoms with Crippen molar-refractivity contribution in [3.8, 4) is 5.75 Å². The maximum Gasteiger partial charge on any atom is 0.131 e. The SMILES string of the molecule is CCOc1cc(N2C(C)CCC2CO)cc(F)c1C. The lowest BCUT2D eigenvalue weighted by atomic mass is 10.1. The molecule has 0 radical (unpaired) electrons. The molecule has 1 aromatic rings. The molecule has 3 nitrogen and oxygen atoms in total. The lowest BCUT2D eigenvalue weighted by molar-refractivity contribution is 0.265. The minimum Gasteiger partial charge on any atom is -0.493 e. The Hall–Kier alpha value is -1.29. The highest BCUT2D eigenvalue weighted by Crippen LogP contribution is 2.35. The van der Waals surface area contributed by atoms with Crippen LogP contribution in [0.25, 0.3) is 0 Å². The zero-order valence-electron chi connectivity index (χ0n) is 11.8. The van der Waals surface area contributed by atoms with Crippen molar-refractivity contribution < 1.29 is 14.2 Å². The van der Waals surface area contributed by atoms with Crippen LogP contribution >= 0.6 is 0 Å². The molecule has 1 heterocycles. The molecule has 0 saturated carbocycles. The summed E-state index contributed by atoms with van der Waals surface area (Å²) in [6.45, 7) is 6.33. The average molecular weight is 267 g/mol. The maximum atomic E-state index is 14.0. The van der Waals surface area contributed by atoms with Gasteiger partial charge in [-0.25, -0.2) is 4.39 Å². The first-order chi connectivity index (χ1) is 9.08. The van der Waals surface area contributed by atoms with Crippen molar-refractivity contribution in [1.82, 2.24) is 0 Å². The first-order valence-electron chi connectivity index (χ1n) is 6.90. The second-order valence-electron chi connectivity index (χ2n) is 5.15. The van der Waals surface area contributed by atoms with Crippen molar-refractivity contribution in [3.05, 3.63) is 23.5 Å². The molecule has 0 spiro atoms. The molecular formula is C15H22FNO2. The van der Waals surface area contributed by atoms with E-state index >= 15 is 0 Å². The van der Waals surface area contributed by atoms with Gasteiger partial charge < -0.3 is 14.7 Å². The lowest BCUT2D eigenvalue weighted by Crippen LogP contribution is -2.36. The molecule has 0 amide bonds. The summed E-state index contributed by atoms with van der Waals surface area (Å²) in [5, 5.41) is 9.45. The predicted molar refractivity (Wildman–Crippen MR) is 74.4 cm³/mol. The first-order valence-corrected chi connectivity index (χ1v) is 6.90. The Morgan fingerprint density at radius 1 is 1.42 bits per heavy atom. The highest BCUT2D eigenvalue weighted by Gasteiger charge is 2.31. The molecule has 0 aliphatic carbocycles. The van der Waals surface area contributed by atoms with Crippen molar-refractivity contribution in [1.29, 1.82) is 0 Å². The first kappa shape index (κ1) is 14.1. The Balaban J connectivity index is 2.38. The van der Waals surface area contributed by atoms with E-state index in [1.807, 2.05) is 13.0 Å². The summed E-state index contributed by atoms with van der Waals surface area (Å²) in [5.41, 5.74) is 1.34. The van der Waals surface area contributed by atoms with E-state index in [-0.39, 0.29) is 18.5 Å². The third-order valence-corrected chi connectivity index (χ3v) is 3.88. The molecule has 1 N–H and O–H groups in total. The molecule has 0 aromatic heterocycles. The van der Waals surface area contributed by atoms with Gasteiger partial charge in [0, 0.05) is 23.4 Å². The summed E-state index contributed by atoms with van der Waals surface area (Å²) in [6, 6.07) is 3.81. The van der Waals surface area contributed by atoms with E-state index in [1.165, 1.54) is 0 Å². The van der Waals surface area contributed by atoms with Gasteiger partial charge in [0.05, 0.1) is 19.3 Å². The Morgan fingerprint density at radius 3 is 2.79 bits per heavy atom. The summed E-state index contributed by atoms with van der Waals surface area (Å²) in [6.07, 6.45) is 1.96. The molecule has 1 saturated heterocycles. The number of aliphatic hydroxyl groups excluding tert-OH is 1. The number of rotatable bonds is 4. The quantitative estimate of drug-likeness (QED) is 0.910. The van der Waals surface area contributed by atoms with E-state index in [0.29, 0.717) is 24.0 Å². The molecule has 2 unspecified atom stereocenters. The molecule has 1 aromatic carbocycles. The number of hydrogen-bond donors (Lipinski definition) is 1. The van der Waals surface area contributed by atoms with Crippen molar-refractivity contribution in [3.63, 3.8) is 0 Å². The van der Waals surface area contributed by atoms with E-state index in [0.717, 1.165) is 18.5 Å². The van der Waals surface area contributed by atoms with Gasteiger partial charge in [-0.1, -0.05) is 0 Å². The Bertz CT molecular complexity index is 450. The van der Waals surface area contributed by atoms with E-state index in [2.05, 4.69) is 11.8 Å². The van der Waals surface area contributed by atoms with Crippen molar-refractivity contribution in [2.24, 2.45) is 0 Å². The molecule has 4 heteroatoms. The Morgan fingerprint density at radius 2 is 2.16 bits per heavy atom. The second kappa shape index (κ2) is 5.78. The number of ether oxygens (including phenoxy) is 1. The van der Waals surface area contributed by atoms with Crippen LogP contribution in [0.3, 0.4) is 0 Å². The molecule has 1 aliphatic rings. The van der Waals surface area contributed by atoms with Gasteiger partial charge in [0.15, 0.2) is 0 Å². The second-order valence-corrected chi connectivity index (χ2v) is 5.15. The minimum absolute atomic E-state index is 0.0755. The van der Waals surface area contributed by atoms with Crippen LogP contribution in [-0.2, 0) is 0 Å². The van der Waals surface area contributed by atoms with Gasteiger partial charge in [0.2, 0.25) is 0 Å². The van der Waals surface area contributed by atoms with Gasteiger partial charge in [-0.2, -0.15) is 0 Å². The van der Waals surface area contributed by atoms with E-state index in [4.69, 9.17) is 4.74 Å². The van der Waals surface area contributed by atoms with Crippen LogP contribution in [0.15, 0.2) is 12.1 Å². The highest BCUT2D eigenvalue weighted by atomic mass is 19.1. The molecule has 1 fully saturated rings. The number of nitrogens with zero attached hydrogens (tertiary/aromatic N) is 1. The van der Waals surface area contributed by atoms with Crippen molar-refractivity contribution >= 4 is 5.69 Å². The predicted octanol–water partition coefficient (Wildman–Crippen LogP) is 2.88. The van der Waals surface area contributed by atoms with Crippen molar-refractivity contribution in [2.75, 3.05) is 18.1 Å². The standard InChI is InChI=1S/C15H22FNO2/c1-4-19-15-8-13(7-14(16)11(15)3)17-10(2)5-6-12(17)9-18/h7-8,10,12,18H,4-6,9H2,1-3H3. The van der Waals surface area contributed by atoms with E-state index < -0.39 is 0 Å². The van der Waals surface area contributed by atoms with Gasteiger partial charge in [0.1, 0.15) is 11.6 Å². The third-order valence-electron chi connectivity index (χ3n) is 3.88. The summed E-state index contributed by atoms with van der Waals surface area (Å²) in [5.74, 6) is 0.338. The average Bonchev–Trinajstić information content (AvgIpc) is 2.76. The van der Waals surface area contributed by atoms with Gasteiger partial charge in [-0.05, 0) is 39.7 Å². The van der Waals surface area contributed by atoms with Crippen LogP contribution in [0.5, 0.6) is 5.75 Å². The molecule has 2 atom stereocenters. The van der Waals surface area contributed by atoms with Crippen LogP contribution < -0.4 is 9.64 Å². The number of halogens is 1. The maximum absolute atomic E-state index is 14.0. The zero-order chi connectivity index (χ0) is 14.0. The number of aliphatic hydroxyl groups is 1. The van der Waals surface area contributed by atoms with E-state index in [1.54, 1.807) is 13.0 Å². The van der Waals surface area contributed by atoms with Crippen LogP contribution in [0.2, 0.25) is 0 Å². The molecule has 19 heavy (non-hydrogen) atoms. The molecule has 0 bridgehead atoms.